The molecule has 2 bridgehead atoms. The Morgan fingerprint density at radius 1 is 1.03 bits per heavy atom. The van der Waals surface area contributed by atoms with E-state index >= 15 is 0 Å². The van der Waals surface area contributed by atoms with E-state index in [0.717, 1.165) is 63.5 Å². The van der Waals surface area contributed by atoms with Gasteiger partial charge < -0.3 is 14.7 Å². The summed E-state index contributed by atoms with van der Waals surface area (Å²) in [6, 6.07) is 5.64. The lowest BCUT2D eigenvalue weighted by Gasteiger charge is -2.46. The Hall–Kier alpha value is -3.43. The van der Waals surface area contributed by atoms with Crippen molar-refractivity contribution in [1.29, 1.82) is 0 Å². The average molecular weight is 437 g/mol. The van der Waals surface area contributed by atoms with E-state index in [1.807, 2.05) is 11.0 Å². The van der Waals surface area contributed by atoms with Gasteiger partial charge in [0.1, 0.15) is 18.0 Å². The number of anilines is 4. The fourth-order valence-electron chi connectivity index (χ4n) is 4.85. The van der Waals surface area contributed by atoms with Gasteiger partial charge in [-0.3, -0.25) is 15.0 Å². The van der Waals surface area contributed by atoms with Crippen LogP contribution in [0.1, 0.15) is 26.2 Å². The quantitative estimate of drug-likeness (QED) is 0.768. The normalized spacial score (nSPS) is 20.5. The van der Waals surface area contributed by atoms with Gasteiger partial charge in [0.25, 0.3) is 0 Å². The molecule has 168 valence electrons. The third kappa shape index (κ3) is 3.92. The number of aromatic nitrogens is 3. The van der Waals surface area contributed by atoms with E-state index in [-0.39, 0.29) is 18.0 Å². The van der Waals surface area contributed by atoms with Crippen LogP contribution >= 0.6 is 0 Å². The SMILES string of the molecule is CC(=O)N1CCCN(c2ccc3c(n2)N(C(=O)Nc2ccncn2)[C@H]2CCCN3C2)CC1. The van der Waals surface area contributed by atoms with Crippen molar-refractivity contribution in [3.63, 3.8) is 0 Å². The molecule has 0 radical (unpaired) electrons. The van der Waals surface area contributed by atoms with Crippen molar-refractivity contribution in [2.75, 3.05) is 59.3 Å². The molecule has 32 heavy (non-hydrogen) atoms. The summed E-state index contributed by atoms with van der Waals surface area (Å²) >= 11 is 0. The maximum absolute atomic E-state index is 13.3. The minimum atomic E-state index is -0.222. The van der Waals surface area contributed by atoms with E-state index in [0.29, 0.717) is 18.2 Å². The van der Waals surface area contributed by atoms with Crippen LogP contribution in [-0.4, -0.2) is 77.1 Å². The van der Waals surface area contributed by atoms with Gasteiger partial charge in [0.2, 0.25) is 5.91 Å². The van der Waals surface area contributed by atoms with Crippen molar-refractivity contribution in [2.24, 2.45) is 0 Å². The molecule has 10 heteroatoms. The van der Waals surface area contributed by atoms with Crippen molar-refractivity contribution in [3.05, 3.63) is 30.7 Å². The van der Waals surface area contributed by atoms with Gasteiger partial charge in [0, 0.05) is 52.4 Å². The number of piperidine rings is 1. The summed E-state index contributed by atoms with van der Waals surface area (Å²) in [7, 11) is 0. The molecule has 2 saturated heterocycles. The van der Waals surface area contributed by atoms with Crippen molar-refractivity contribution in [3.8, 4) is 0 Å². The zero-order valence-electron chi connectivity index (χ0n) is 18.3. The highest BCUT2D eigenvalue weighted by Gasteiger charge is 2.38. The Morgan fingerprint density at radius 2 is 1.91 bits per heavy atom. The predicted octanol–water partition coefficient (Wildman–Crippen LogP) is 1.95. The van der Waals surface area contributed by atoms with Crippen LogP contribution in [0.25, 0.3) is 0 Å². The lowest BCUT2D eigenvalue weighted by Crippen LogP contribution is -2.56. The molecule has 3 aliphatic rings. The number of rotatable bonds is 2. The number of nitrogens with zero attached hydrogens (tertiary/aromatic N) is 7. The second-order valence-electron chi connectivity index (χ2n) is 8.50. The molecule has 0 aliphatic carbocycles. The first kappa shape index (κ1) is 20.5. The number of urea groups is 1. The highest BCUT2D eigenvalue weighted by atomic mass is 16.2. The van der Waals surface area contributed by atoms with Gasteiger partial charge in [-0.25, -0.2) is 19.7 Å². The van der Waals surface area contributed by atoms with Gasteiger partial charge in [-0.2, -0.15) is 0 Å². The molecular formula is C22H28N8O2. The minimum Gasteiger partial charge on any atom is -0.366 e. The number of carbonyl (C=O) groups excluding carboxylic acids is 2. The van der Waals surface area contributed by atoms with Gasteiger partial charge >= 0.3 is 6.03 Å². The van der Waals surface area contributed by atoms with Crippen molar-refractivity contribution >= 4 is 35.1 Å². The topological polar surface area (TPSA) is 97.8 Å². The summed E-state index contributed by atoms with van der Waals surface area (Å²) < 4.78 is 0. The van der Waals surface area contributed by atoms with E-state index in [2.05, 4.69) is 31.2 Å². The van der Waals surface area contributed by atoms with E-state index in [4.69, 9.17) is 4.98 Å². The van der Waals surface area contributed by atoms with Gasteiger partial charge in [-0.15, -0.1) is 0 Å². The lowest BCUT2D eigenvalue weighted by molar-refractivity contribution is -0.128. The highest BCUT2D eigenvalue weighted by molar-refractivity contribution is 6.04. The van der Waals surface area contributed by atoms with Crippen LogP contribution in [0.5, 0.6) is 0 Å². The second-order valence-corrected chi connectivity index (χ2v) is 8.50. The van der Waals surface area contributed by atoms with Crippen molar-refractivity contribution in [1.82, 2.24) is 19.9 Å². The molecule has 3 aliphatic heterocycles. The molecule has 1 atom stereocenters. The standard InChI is InChI=1S/C22H28N8O2/c1-16(31)27-10-3-11-28(13-12-27)20-6-5-18-21(26-20)30(17-4-2-9-29(18)14-17)22(32)25-19-7-8-23-15-24-19/h5-8,15,17H,2-4,9-14H2,1H3,(H,23,24,25,32)/t17-/m0/s1. The highest BCUT2D eigenvalue weighted by Crippen LogP contribution is 2.39. The molecule has 0 saturated carbocycles. The summed E-state index contributed by atoms with van der Waals surface area (Å²) in [5, 5.41) is 2.90. The number of hydrogen-bond acceptors (Lipinski definition) is 7. The summed E-state index contributed by atoms with van der Waals surface area (Å²) in [6.07, 6.45) is 5.90. The Balaban J connectivity index is 1.45. The first-order valence-electron chi connectivity index (χ1n) is 11.2. The van der Waals surface area contributed by atoms with E-state index in [9.17, 15) is 9.59 Å². The molecule has 2 aromatic rings. The van der Waals surface area contributed by atoms with Crippen LogP contribution in [0.3, 0.4) is 0 Å². The largest absolute Gasteiger partial charge is 0.366 e. The van der Waals surface area contributed by atoms with Gasteiger partial charge in [-0.1, -0.05) is 0 Å². The molecule has 5 heterocycles. The molecule has 3 amide bonds. The minimum absolute atomic E-state index is 0.0678. The van der Waals surface area contributed by atoms with Crippen LogP contribution in [0.15, 0.2) is 30.7 Å². The summed E-state index contributed by atoms with van der Waals surface area (Å²) in [5.74, 6) is 2.11. The Kier molecular flexibility index (Phi) is 5.50. The Bertz CT molecular complexity index is 1000. The molecule has 5 rings (SSSR count). The van der Waals surface area contributed by atoms with Crippen molar-refractivity contribution < 1.29 is 9.59 Å². The van der Waals surface area contributed by atoms with Gasteiger partial charge in [0.15, 0.2) is 5.82 Å². The summed E-state index contributed by atoms with van der Waals surface area (Å²) in [4.78, 5) is 46.4. The predicted molar refractivity (Wildman–Crippen MR) is 122 cm³/mol. The summed E-state index contributed by atoms with van der Waals surface area (Å²) in [6.45, 7) is 6.40. The zero-order chi connectivity index (χ0) is 22.1. The van der Waals surface area contributed by atoms with Crippen LogP contribution in [0.2, 0.25) is 0 Å². The molecule has 0 spiro atoms. The molecule has 10 nitrogen and oxygen atoms in total. The number of amides is 3. The fourth-order valence-corrected chi connectivity index (χ4v) is 4.85. The van der Waals surface area contributed by atoms with E-state index < -0.39 is 0 Å². The third-order valence-corrected chi connectivity index (χ3v) is 6.47. The second kappa shape index (κ2) is 8.60. The Labute approximate surface area is 187 Å². The molecule has 1 N–H and O–H groups in total. The lowest BCUT2D eigenvalue weighted by atomic mass is 10.00. The summed E-state index contributed by atoms with van der Waals surface area (Å²) in [5.41, 5.74) is 0.989. The molecular weight excluding hydrogens is 408 g/mol. The first-order chi connectivity index (χ1) is 15.6. The first-order valence-corrected chi connectivity index (χ1v) is 11.2. The molecule has 2 aromatic heterocycles. The zero-order valence-corrected chi connectivity index (χ0v) is 18.3. The average Bonchev–Trinajstić information content (AvgIpc) is 3.06. The number of pyridine rings is 1. The number of carbonyl (C=O) groups is 2. The molecule has 0 aromatic carbocycles. The van der Waals surface area contributed by atoms with Crippen LogP contribution in [0.4, 0.5) is 27.9 Å². The van der Waals surface area contributed by atoms with Gasteiger partial charge in [0.05, 0.1) is 11.7 Å². The van der Waals surface area contributed by atoms with Crippen LogP contribution in [-0.2, 0) is 4.79 Å². The van der Waals surface area contributed by atoms with Crippen LogP contribution in [0, 0.1) is 0 Å². The number of fused-ring (bicyclic) bond motifs is 4. The maximum atomic E-state index is 13.3. The number of nitrogens with one attached hydrogen (secondary N) is 1. The fraction of sp³-hybridized carbons (Fsp3) is 0.500. The van der Waals surface area contributed by atoms with Gasteiger partial charge in [-0.05, 0) is 37.5 Å². The van der Waals surface area contributed by atoms with Crippen molar-refractivity contribution in [2.45, 2.75) is 32.2 Å². The number of hydrogen-bond donors (Lipinski definition) is 1. The molecule has 2 fully saturated rings. The smallest absolute Gasteiger partial charge is 0.329 e. The maximum Gasteiger partial charge on any atom is 0.329 e. The Morgan fingerprint density at radius 3 is 2.72 bits per heavy atom. The molecule has 0 unspecified atom stereocenters. The van der Waals surface area contributed by atoms with E-state index in [1.165, 1.54) is 6.33 Å². The third-order valence-electron chi connectivity index (χ3n) is 6.47. The van der Waals surface area contributed by atoms with E-state index in [1.54, 1.807) is 24.1 Å². The monoisotopic (exact) mass is 436 g/mol. The van der Waals surface area contributed by atoms with Crippen LogP contribution < -0.4 is 20.0 Å².